The van der Waals surface area contributed by atoms with E-state index in [1.807, 2.05) is 0 Å². The minimum atomic E-state index is -0.677. The standard InChI is InChI=1S/C18H13ClFN3O6/c19-14-8-12(1-2-15(14)20)29-13-6-10(5-11(7-13)23(27)28)21-16-9-17(25)22(3-4-24)18(16)26/h1-2,5-9,21,24H,3-4H2. The minimum Gasteiger partial charge on any atom is -0.457 e. The van der Waals surface area contributed by atoms with Gasteiger partial charge in [-0.25, -0.2) is 4.39 Å². The van der Waals surface area contributed by atoms with Crippen molar-refractivity contribution in [3.63, 3.8) is 0 Å². The van der Waals surface area contributed by atoms with E-state index >= 15 is 0 Å². The van der Waals surface area contributed by atoms with E-state index in [0.29, 0.717) is 0 Å². The van der Waals surface area contributed by atoms with Crippen LogP contribution in [0.1, 0.15) is 0 Å². The normalized spacial score (nSPS) is 13.5. The molecular formula is C18H13ClFN3O6. The number of ether oxygens (including phenoxy) is 1. The Morgan fingerprint density at radius 3 is 2.62 bits per heavy atom. The van der Waals surface area contributed by atoms with E-state index in [1.54, 1.807) is 0 Å². The topological polar surface area (TPSA) is 122 Å². The number of hydrogen-bond donors (Lipinski definition) is 2. The Morgan fingerprint density at radius 2 is 1.97 bits per heavy atom. The Balaban J connectivity index is 1.88. The number of non-ortho nitro benzene ring substituents is 1. The van der Waals surface area contributed by atoms with E-state index in [-0.39, 0.29) is 40.1 Å². The van der Waals surface area contributed by atoms with Crippen LogP contribution in [0.15, 0.2) is 48.2 Å². The maximum atomic E-state index is 13.3. The first-order valence-corrected chi connectivity index (χ1v) is 8.54. The highest BCUT2D eigenvalue weighted by Gasteiger charge is 2.31. The van der Waals surface area contributed by atoms with Crippen molar-refractivity contribution in [2.45, 2.75) is 0 Å². The molecule has 2 aromatic carbocycles. The van der Waals surface area contributed by atoms with Crippen LogP contribution in [-0.2, 0) is 9.59 Å². The third-order valence-corrected chi connectivity index (χ3v) is 4.13. The first-order chi connectivity index (χ1) is 13.8. The second-order valence-corrected chi connectivity index (χ2v) is 6.26. The van der Waals surface area contributed by atoms with E-state index in [2.05, 4.69) is 5.32 Å². The number of nitro benzene ring substituents is 1. The van der Waals surface area contributed by atoms with Gasteiger partial charge in [0.2, 0.25) is 0 Å². The summed E-state index contributed by atoms with van der Waals surface area (Å²) < 4.78 is 18.8. The zero-order valence-corrected chi connectivity index (χ0v) is 15.4. The molecule has 3 rings (SSSR count). The molecule has 1 aliphatic rings. The molecule has 0 aromatic heterocycles. The molecule has 11 heteroatoms. The molecule has 0 saturated carbocycles. The van der Waals surface area contributed by atoms with Gasteiger partial charge in [0.1, 0.15) is 23.0 Å². The molecule has 0 spiro atoms. The Hall–Kier alpha value is -3.50. The highest BCUT2D eigenvalue weighted by molar-refractivity contribution is 6.30. The number of rotatable bonds is 7. The number of amides is 2. The van der Waals surface area contributed by atoms with Crippen molar-refractivity contribution >= 4 is 34.8 Å². The lowest BCUT2D eigenvalue weighted by atomic mass is 10.2. The van der Waals surface area contributed by atoms with Crippen molar-refractivity contribution in [2.24, 2.45) is 0 Å². The number of nitrogens with zero attached hydrogens (tertiary/aromatic N) is 2. The second-order valence-electron chi connectivity index (χ2n) is 5.85. The Labute approximate surface area is 168 Å². The average molecular weight is 422 g/mol. The predicted molar refractivity (Wildman–Crippen MR) is 100 cm³/mol. The van der Waals surface area contributed by atoms with Gasteiger partial charge in [-0.1, -0.05) is 11.6 Å². The monoisotopic (exact) mass is 421 g/mol. The smallest absolute Gasteiger partial charge is 0.277 e. The Morgan fingerprint density at radius 1 is 1.21 bits per heavy atom. The van der Waals surface area contributed by atoms with Gasteiger partial charge in [0.15, 0.2) is 0 Å². The molecule has 0 aliphatic carbocycles. The quantitative estimate of drug-likeness (QED) is 0.400. The zero-order valence-electron chi connectivity index (χ0n) is 14.6. The van der Waals surface area contributed by atoms with Crippen LogP contribution < -0.4 is 10.1 Å². The molecule has 0 saturated heterocycles. The van der Waals surface area contributed by atoms with Crippen molar-refractivity contribution in [3.8, 4) is 11.5 Å². The maximum Gasteiger partial charge on any atom is 0.277 e. The molecule has 1 aliphatic heterocycles. The molecule has 2 aromatic rings. The van der Waals surface area contributed by atoms with Crippen LogP contribution in [0.25, 0.3) is 0 Å². The number of nitro groups is 1. The first-order valence-electron chi connectivity index (χ1n) is 8.16. The minimum absolute atomic E-state index is 0.0222. The lowest BCUT2D eigenvalue weighted by Crippen LogP contribution is -2.34. The van der Waals surface area contributed by atoms with Crippen molar-refractivity contribution < 1.29 is 28.7 Å². The van der Waals surface area contributed by atoms with Crippen LogP contribution >= 0.6 is 11.6 Å². The summed E-state index contributed by atoms with van der Waals surface area (Å²) in [5, 5.41) is 22.6. The number of aliphatic hydroxyl groups excluding tert-OH is 1. The van der Waals surface area contributed by atoms with Gasteiger partial charge in [-0.2, -0.15) is 0 Å². The predicted octanol–water partition coefficient (Wildman–Crippen LogP) is 2.84. The van der Waals surface area contributed by atoms with Crippen LogP contribution in [0.4, 0.5) is 15.8 Å². The number of nitrogens with one attached hydrogen (secondary N) is 1. The third-order valence-electron chi connectivity index (χ3n) is 3.84. The van der Waals surface area contributed by atoms with Gasteiger partial charge in [0.05, 0.1) is 29.2 Å². The summed E-state index contributed by atoms with van der Waals surface area (Å²) in [6.07, 6.45) is 1.02. The summed E-state index contributed by atoms with van der Waals surface area (Å²) in [6.45, 7) is -0.568. The summed E-state index contributed by atoms with van der Waals surface area (Å²) >= 11 is 5.70. The van der Waals surface area contributed by atoms with Crippen LogP contribution in [-0.4, -0.2) is 39.9 Å². The molecule has 1 heterocycles. The molecule has 2 N–H and O–H groups in total. The van der Waals surface area contributed by atoms with E-state index in [9.17, 15) is 24.1 Å². The lowest BCUT2D eigenvalue weighted by molar-refractivity contribution is -0.384. The number of anilines is 1. The number of halogens is 2. The van der Waals surface area contributed by atoms with Crippen LogP contribution in [0, 0.1) is 15.9 Å². The molecule has 0 bridgehead atoms. The number of hydrogen-bond acceptors (Lipinski definition) is 7. The largest absolute Gasteiger partial charge is 0.457 e. The third kappa shape index (κ3) is 4.50. The summed E-state index contributed by atoms with van der Waals surface area (Å²) in [4.78, 5) is 35.4. The van der Waals surface area contributed by atoms with E-state index in [1.165, 1.54) is 18.2 Å². The molecular weight excluding hydrogens is 409 g/mol. The molecule has 0 radical (unpaired) electrons. The van der Waals surface area contributed by atoms with Crippen molar-refractivity contribution in [2.75, 3.05) is 18.5 Å². The summed E-state index contributed by atoms with van der Waals surface area (Å²) in [7, 11) is 0. The van der Waals surface area contributed by atoms with Crippen molar-refractivity contribution in [3.05, 3.63) is 69.1 Å². The highest BCUT2D eigenvalue weighted by atomic mass is 35.5. The highest BCUT2D eigenvalue weighted by Crippen LogP contribution is 2.32. The molecule has 9 nitrogen and oxygen atoms in total. The molecule has 0 atom stereocenters. The van der Waals surface area contributed by atoms with Gasteiger partial charge in [-0.05, 0) is 12.1 Å². The van der Waals surface area contributed by atoms with Crippen molar-refractivity contribution in [1.82, 2.24) is 4.90 Å². The molecule has 0 unspecified atom stereocenters. The lowest BCUT2D eigenvalue weighted by Gasteiger charge is -2.14. The maximum absolute atomic E-state index is 13.3. The van der Waals surface area contributed by atoms with Gasteiger partial charge in [0, 0.05) is 30.0 Å². The molecule has 29 heavy (non-hydrogen) atoms. The molecule has 2 amide bonds. The number of imide groups is 1. The zero-order chi connectivity index (χ0) is 21.1. The first kappa shape index (κ1) is 20.2. The van der Waals surface area contributed by atoms with Crippen LogP contribution in [0.3, 0.4) is 0 Å². The summed E-state index contributed by atoms with van der Waals surface area (Å²) in [6, 6.07) is 7.22. The summed E-state index contributed by atoms with van der Waals surface area (Å²) in [5.41, 5.74) is -0.344. The van der Waals surface area contributed by atoms with Gasteiger partial charge in [-0.3, -0.25) is 24.6 Å². The van der Waals surface area contributed by atoms with E-state index < -0.39 is 29.2 Å². The fraction of sp³-hybridized carbons (Fsp3) is 0.111. The van der Waals surface area contributed by atoms with Gasteiger partial charge < -0.3 is 15.2 Å². The number of benzene rings is 2. The van der Waals surface area contributed by atoms with Gasteiger partial charge in [0.25, 0.3) is 17.5 Å². The van der Waals surface area contributed by atoms with Gasteiger partial charge in [-0.15, -0.1) is 0 Å². The SMILES string of the molecule is O=C1C=C(Nc2cc(Oc3ccc(F)c(Cl)c3)cc([N+](=O)[O-])c2)C(=O)N1CCO. The van der Waals surface area contributed by atoms with E-state index in [0.717, 1.165) is 29.2 Å². The molecule has 150 valence electrons. The summed E-state index contributed by atoms with van der Waals surface area (Å²) in [5.74, 6) is -1.78. The number of carbonyl (C=O) groups excluding carboxylic acids is 2. The number of β-amino-alcohol motifs (C(OH)–C–C–N with tert-alkyl or cyclic N) is 1. The fourth-order valence-corrected chi connectivity index (χ4v) is 2.73. The average Bonchev–Trinajstić information content (AvgIpc) is 2.92. The Bertz CT molecular complexity index is 1040. The van der Waals surface area contributed by atoms with Crippen LogP contribution in [0.5, 0.6) is 11.5 Å². The fourth-order valence-electron chi connectivity index (χ4n) is 2.56. The van der Waals surface area contributed by atoms with Gasteiger partial charge >= 0.3 is 0 Å². The number of aliphatic hydroxyl groups is 1. The molecule has 0 fully saturated rings. The second kappa shape index (κ2) is 8.25. The van der Waals surface area contributed by atoms with Crippen LogP contribution in [0.2, 0.25) is 5.02 Å². The van der Waals surface area contributed by atoms with E-state index in [4.69, 9.17) is 21.4 Å². The Kier molecular flexibility index (Phi) is 5.76. The number of carbonyl (C=O) groups is 2. The van der Waals surface area contributed by atoms with Crippen molar-refractivity contribution in [1.29, 1.82) is 0 Å².